The molecule has 0 saturated heterocycles. The fraction of sp³-hybridized carbons (Fsp3) is 0.368. The summed E-state index contributed by atoms with van der Waals surface area (Å²) < 4.78 is 23.8. The largest absolute Gasteiger partial charge is 0.474 e. The van der Waals surface area contributed by atoms with E-state index in [0.717, 1.165) is 16.8 Å². The molecule has 2 aromatic rings. The second-order valence-corrected chi connectivity index (χ2v) is 6.26. The molecule has 7 heteroatoms. The smallest absolute Gasteiger partial charge is 0.270 e. The molecule has 3 rings (SSSR count). The highest BCUT2D eigenvalue weighted by Gasteiger charge is 2.22. The summed E-state index contributed by atoms with van der Waals surface area (Å²) in [6.07, 6.45) is 0.462. The highest BCUT2D eigenvalue weighted by Crippen LogP contribution is 2.30. The second kappa shape index (κ2) is 8.14. The van der Waals surface area contributed by atoms with Crippen molar-refractivity contribution in [2.24, 2.45) is 0 Å². The molecule has 26 heavy (non-hydrogen) atoms. The number of benzene rings is 1. The van der Waals surface area contributed by atoms with Crippen molar-refractivity contribution in [2.45, 2.75) is 19.4 Å². The number of halogens is 1. The van der Waals surface area contributed by atoms with Crippen molar-refractivity contribution in [2.75, 3.05) is 32.2 Å². The number of hydrogen-bond acceptors (Lipinski definition) is 5. The van der Waals surface area contributed by atoms with E-state index in [1.165, 1.54) is 12.1 Å². The third kappa shape index (κ3) is 4.29. The summed E-state index contributed by atoms with van der Waals surface area (Å²) >= 11 is 0. The third-order valence-electron chi connectivity index (χ3n) is 4.05. The van der Waals surface area contributed by atoms with Crippen molar-refractivity contribution in [1.29, 1.82) is 0 Å². The van der Waals surface area contributed by atoms with Gasteiger partial charge in [-0.15, -0.1) is 0 Å². The maximum atomic E-state index is 13.2. The molecule has 2 N–H and O–H groups in total. The van der Waals surface area contributed by atoms with E-state index in [4.69, 9.17) is 9.47 Å². The van der Waals surface area contributed by atoms with E-state index in [0.29, 0.717) is 37.8 Å². The number of anilines is 1. The molecule has 0 saturated carbocycles. The first-order valence-electron chi connectivity index (χ1n) is 8.51. The Morgan fingerprint density at radius 1 is 1.42 bits per heavy atom. The van der Waals surface area contributed by atoms with Crippen molar-refractivity contribution >= 4 is 11.6 Å². The van der Waals surface area contributed by atoms with Crippen LogP contribution in [0.2, 0.25) is 0 Å². The number of rotatable bonds is 6. The standard InChI is InChI=1S/C19H22FN3O3/c1-12-11-26-19-16(22-12)10-14(9-13-3-5-15(20)6-4-13)17(23-19)18(24)21-7-8-25-2/h3-6,10,12,22H,7-9,11H2,1-2H3,(H,21,24)/t12-/m0/s1. The lowest BCUT2D eigenvalue weighted by atomic mass is 10.0. The van der Waals surface area contributed by atoms with Crippen molar-refractivity contribution in [3.63, 3.8) is 0 Å². The van der Waals surface area contributed by atoms with Crippen molar-refractivity contribution < 1.29 is 18.7 Å². The zero-order chi connectivity index (χ0) is 18.5. The van der Waals surface area contributed by atoms with Gasteiger partial charge >= 0.3 is 0 Å². The van der Waals surface area contributed by atoms with E-state index in [-0.39, 0.29) is 17.8 Å². The molecule has 1 aromatic carbocycles. The van der Waals surface area contributed by atoms with Gasteiger partial charge in [-0.2, -0.15) is 0 Å². The Morgan fingerprint density at radius 3 is 2.92 bits per heavy atom. The molecule has 1 aliphatic heterocycles. The van der Waals surface area contributed by atoms with E-state index < -0.39 is 0 Å². The van der Waals surface area contributed by atoms with Gasteiger partial charge in [0.15, 0.2) is 0 Å². The van der Waals surface area contributed by atoms with Crippen LogP contribution in [-0.2, 0) is 11.2 Å². The summed E-state index contributed by atoms with van der Waals surface area (Å²) in [6, 6.07) is 8.25. The van der Waals surface area contributed by atoms with Gasteiger partial charge in [0.05, 0.1) is 18.3 Å². The van der Waals surface area contributed by atoms with Crippen LogP contribution >= 0.6 is 0 Å². The number of amides is 1. The van der Waals surface area contributed by atoms with Crippen LogP contribution in [0.4, 0.5) is 10.1 Å². The fourth-order valence-corrected chi connectivity index (χ4v) is 2.77. The minimum atomic E-state index is -0.293. The van der Waals surface area contributed by atoms with Gasteiger partial charge in [0.1, 0.15) is 18.1 Å². The Hall–Kier alpha value is -2.67. The number of pyridine rings is 1. The molecule has 0 aliphatic carbocycles. The normalized spacial score (nSPS) is 15.6. The van der Waals surface area contributed by atoms with Crippen LogP contribution in [-0.4, -0.2) is 43.8 Å². The van der Waals surface area contributed by atoms with E-state index >= 15 is 0 Å². The molecular weight excluding hydrogens is 337 g/mol. The molecule has 0 unspecified atom stereocenters. The van der Waals surface area contributed by atoms with Crippen LogP contribution in [0.1, 0.15) is 28.5 Å². The Morgan fingerprint density at radius 2 is 2.19 bits per heavy atom. The van der Waals surface area contributed by atoms with Gasteiger partial charge in [0, 0.05) is 13.7 Å². The number of nitrogens with one attached hydrogen (secondary N) is 2. The monoisotopic (exact) mass is 359 g/mol. The van der Waals surface area contributed by atoms with E-state index in [1.54, 1.807) is 19.2 Å². The lowest BCUT2D eigenvalue weighted by Gasteiger charge is -2.25. The van der Waals surface area contributed by atoms with Gasteiger partial charge < -0.3 is 20.1 Å². The lowest BCUT2D eigenvalue weighted by molar-refractivity contribution is 0.0930. The summed E-state index contributed by atoms with van der Waals surface area (Å²) in [7, 11) is 1.57. The molecule has 138 valence electrons. The SMILES string of the molecule is COCCNC(=O)c1nc2c(cc1Cc1ccc(F)cc1)N[C@@H](C)CO2. The highest BCUT2D eigenvalue weighted by atomic mass is 19.1. The van der Waals surface area contributed by atoms with E-state index in [1.807, 2.05) is 13.0 Å². The third-order valence-corrected chi connectivity index (χ3v) is 4.05. The van der Waals surface area contributed by atoms with Crippen LogP contribution in [0.25, 0.3) is 0 Å². The Balaban J connectivity index is 1.91. The molecule has 1 atom stereocenters. The number of methoxy groups -OCH3 is 1. The van der Waals surface area contributed by atoms with Gasteiger partial charge in [-0.1, -0.05) is 12.1 Å². The molecule has 0 bridgehead atoms. The van der Waals surface area contributed by atoms with E-state index in [2.05, 4.69) is 15.6 Å². The van der Waals surface area contributed by atoms with Gasteiger partial charge in [-0.3, -0.25) is 4.79 Å². The topological polar surface area (TPSA) is 72.5 Å². The number of aromatic nitrogens is 1. The predicted octanol–water partition coefficient (Wildman–Crippen LogP) is 2.38. The van der Waals surface area contributed by atoms with Gasteiger partial charge in [-0.25, -0.2) is 9.37 Å². The zero-order valence-corrected chi connectivity index (χ0v) is 14.8. The first-order valence-corrected chi connectivity index (χ1v) is 8.51. The number of carbonyl (C=O) groups is 1. The highest BCUT2D eigenvalue weighted by molar-refractivity contribution is 5.94. The van der Waals surface area contributed by atoms with Gasteiger partial charge in [0.2, 0.25) is 5.88 Å². The molecule has 0 spiro atoms. The number of nitrogens with zero attached hydrogens (tertiary/aromatic N) is 1. The maximum Gasteiger partial charge on any atom is 0.270 e. The maximum absolute atomic E-state index is 13.2. The average molecular weight is 359 g/mol. The molecule has 0 fully saturated rings. The van der Waals surface area contributed by atoms with Crippen LogP contribution in [0.3, 0.4) is 0 Å². The van der Waals surface area contributed by atoms with Crippen LogP contribution in [0.15, 0.2) is 30.3 Å². The van der Waals surface area contributed by atoms with Crippen LogP contribution in [0.5, 0.6) is 5.88 Å². The quantitative estimate of drug-likeness (QED) is 0.775. The number of ether oxygens (including phenoxy) is 2. The molecule has 1 aliphatic rings. The Labute approximate surface area is 151 Å². The molecule has 1 amide bonds. The summed E-state index contributed by atoms with van der Waals surface area (Å²) in [4.78, 5) is 17.0. The minimum absolute atomic E-state index is 0.157. The summed E-state index contributed by atoms with van der Waals surface area (Å²) in [5, 5.41) is 6.10. The second-order valence-electron chi connectivity index (χ2n) is 6.26. The van der Waals surface area contributed by atoms with Crippen LogP contribution in [0, 0.1) is 5.82 Å². The molecule has 6 nitrogen and oxygen atoms in total. The van der Waals surface area contributed by atoms with Crippen molar-refractivity contribution in [3.8, 4) is 5.88 Å². The summed E-state index contributed by atoms with van der Waals surface area (Å²) in [5.41, 5.74) is 2.70. The van der Waals surface area contributed by atoms with Crippen molar-refractivity contribution in [1.82, 2.24) is 10.3 Å². The molecular formula is C19H22FN3O3. The molecule has 0 radical (unpaired) electrons. The summed E-state index contributed by atoms with van der Waals surface area (Å²) in [5.74, 6) is -0.161. The first kappa shape index (κ1) is 18.1. The Bertz CT molecular complexity index is 780. The van der Waals surface area contributed by atoms with E-state index in [9.17, 15) is 9.18 Å². The Kier molecular flexibility index (Phi) is 5.68. The lowest BCUT2D eigenvalue weighted by Crippen LogP contribution is -2.32. The van der Waals surface area contributed by atoms with Crippen LogP contribution < -0.4 is 15.4 Å². The zero-order valence-electron chi connectivity index (χ0n) is 14.8. The first-order chi connectivity index (χ1) is 12.6. The average Bonchev–Trinajstić information content (AvgIpc) is 2.63. The molecule has 1 aromatic heterocycles. The predicted molar refractivity (Wildman–Crippen MR) is 96.2 cm³/mol. The van der Waals surface area contributed by atoms with Gasteiger partial charge in [-0.05, 0) is 42.7 Å². The van der Waals surface area contributed by atoms with Gasteiger partial charge in [0.25, 0.3) is 5.91 Å². The minimum Gasteiger partial charge on any atom is -0.474 e. The number of fused-ring (bicyclic) bond motifs is 1. The number of hydrogen-bond donors (Lipinski definition) is 2. The molecule has 2 heterocycles. The summed E-state index contributed by atoms with van der Waals surface area (Å²) in [6.45, 7) is 3.30. The van der Waals surface area contributed by atoms with Crippen molar-refractivity contribution in [3.05, 3.63) is 53.0 Å². The number of carbonyl (C=O) groups excluding carboxylic acids is 1. The fourth-order valence-electron chi connectivity index (χ4n) is 2.77.